The van der Waals surface area contributed by atoms with E-state index in [0.717, 1.165) is 16.4 Å². The maximum atomic E-state index is 13.9. The molecule has 110 valence electrons. The van der Waals surface area contributed by atoms with E-state index in [0.29, 0.717) is 0 Å². The molecule has 1 aliphatic rings. The molecule has 0 aromatic heterocycles. The van der Waals surface area contributed by atoms with Crippen LogP contribution in [0.15, 0.2) is 21.5 Å². The highest BCUT2D eigenvalue weighted by Gasteiger charge is 2.33. The number of piperazine rings is 1. The van der Waals surface area contributed by atoms with Gasteiger partial charge in [0.2, 0.25) is 15.9 Å². The van der Waals surface area contributed by atoms with Crippen LogP contribution >= 0.6 is 15.9 Å². The molecule has 20 heavy (non-hydrogen) atoms. The summed E-state index contributed by atoms with van der Waals surface area (Å²) >= 11 is 3.03. The molecular weight excluding hydrogens is 353 g/mol. The summed E-state index contributed by atoms with van der Waals surface area (Å²) in [6.45, 7) is 0.0971. The molecule has 6 nitrogen and oxygen atoms in total. The van der Waals surface area contributed by atoms with Crippen molar-refractivity contribution in [1.29, 1.82) is 0 Å². The molecule has 0 saturated carbocycles. The Bertz CT molecular complexity index is 665. The van der Waals surface area contributed by atoms with Gasteiger partial charge < -0.3 is 10.6 Å². The molecule has 1 aromatic carbocycles. The Labute approximate surface area is 124 Å². The summed E-state index contributed by atoms with van der Waals surface area (Å²) in [4.78, 5) is 12.5. The van der Waals surface area contributed by atoms with Gasteiger partial charge in [-0.15, -0.1) is 0 Å². The molecule has 2 N–H and O–H groups in total. The van der Waals surface area contributed by atoms with E-state index in [2.05, 4.69) is 15.9 Å². The highest BCUT2D eigenvalue weighted by molar-refractivity contribution is 9.10. The van der Waals surface area contributed by atoms with Gasteiger partial charge in [-0.1, -0.05) is 0 Å². The van der Waals surface area contributed by atoms with E-state index in [1.54, 1.807) is 7.05 Å². The van der Waals surface area contributed by atoms with Gasteiger partial charge in [-0.2, -0.15) is 4.31 Å². The van der Waals surface area contributed by atoms with E-state index >= 15 is 0 Å². The number of carbonyl (C=O) groups excluding carboxylic acids is 1. The molecule has 1 aromatic rings. The summed E-state index contributed by atoms with van der Waals surface area (Å²) in [7, 11) is -2.49. The average Bonchev–Trinajstić information content (AvgIpc) is 2.36. The zero-order valence-electron chi connectivity index (χ0n) is 10.6. The quantitative estimate of drug-likeness (QED) is 0.779. The number of nitrogens with two attached hydrogens (primary N) is 1. The molecule has 0 spiro atoms. The van der Waals surface area contributed by atoms with E-state index in [1.807, 2.05) is 0 Å². The highest BCUT2D eigenvalue weighted by atomic mass is 79.9. The predicted octanol–water partition coefficient (Wildman–Crippen LogP) is 0.633. The molecule has 9 heteroatoms. The van der Waals surface area contributed by atoms with Gasteiger partial charge in [0.25, 0.3) is 0 Å². The van der Waals surface area contributed by atoms with Crippen LogP contribution < -0.4 is 5.73 Å². The van der Waals surface area contributed by atoms with Crippen LogP contribution in [0.2, 0.25) is 0 Å². The van der Waals surface area contributed by atoms with Crippen LogP contribution in [-0.2, 0) is 14.8 Å². The maximum Gasteiger partial charge on any atom is 0.246 e. The molecule has 1 fully saturated rings. The molecule has 1 aliphatic heterocycles. The Morgan fingerprint density at radius 1 is 1.35 bits per heavy atom. The van der Waals surface area contributed by atoms with Crippen LogP contribution in [0.25, 0.3) is 0 Å². The Hall–Kier alpha value is -1.19. The van der Waals surface area contributed by atoms with Crippen molar-refractivity contribution in [1.82, 2.24) is 9.21 Å². The molecule has 2 rings (SSSR count). The summed E-state index contributed by atoms with van der Waals surface area (Å²) < 4.78 is 39.8. The lowest BCUT2D eigenvalue weighted by atomic mass is 10.3. The topological polar surface area (TPSA) is 83.7 Å². The summed E-state index contributed by atoms with van der Waals surface area (Å²) in [5, 5.41) is 0. The third-order valence-electron chi connectivity index (χ3n) is 3.09. The number of amides is 1. The molecule has 0 bridgehead atoms. The fourth-order valence-corrected chi connectivity index (χ4v) is 3.60. The number of anilines is 1. The molecule has 1 saturated heterocycles. The average molecular weight is 366 g/mol. The number of halogens is 2. The van der Waals surface area contributed by atoms with Crippen molar-refractivity contribution in [2.24, 2.45) is 0 Å². The summed E-state index contributed by atoms with van der Waals surface area (Å²) in [6, 6.07) is 2.05. The first kappa shape index (κ1) is 15.2. The molecular formula is C11H13BrFN3O3S. The van der Waals surface area contributed by atoms with E-state index < -0.39 is 20.7 Å². The van der Waals surface area contributed by atoms with Gasteiger partial charge in [-0.3, -0.25) is 4.79 Å². The third kappa shape index (κ3) is 2.65. The van der Waals surface area contributed by atoms with Crippen LogP contribution in [0.4, 0.5) is 10.1 Å². The molecule has 1 amide bonds. The van der Waals surface area contributed by atoms with Crippen molar-refractivity contribution in [2.45, 2.75) is 4.90 Å². The van der Waals surface area contributed by atoms with Crippen LogP contribution in [0.1, 0.15) is 0 Å². The maximum absolute atomic E-state index is 13.9. The van der Waals surface area contributed by atoms with Crippen molar-refractivity contribution < 1.29 is 17.6 Å². The van der Waals surface area contributed by atoms with Gasteiger partial charge in [0.05, 0.1) is 6.54 Å². The van der Waals surface area contributed by atoms with Crippen molar-refractivity contribution in [3.8, 4) is 0 Å². The number of hydrogen-bond donors (Lipinski definition) is 1. The van der Waals surface area contributed by atoms with Crippen molar-refractivity contribution in [3.63, 3.8) is 0 Å². The van der Waals surface area contributed by atoms with E-state index in [1.165, 1.54) is 4.90 Å². The Morgan fingerprint density at radius 3 is 2.60 bits per heavy atom. The second-order valence-corrected chi connectivity index (χ2v) is 7.22. The Kier molecular flexibility index (Phi) is 4.03. The number of carbonyl (C=O) groups is 1. The number of rotatable bonds is 2. The normalized spacial score (nSPS) is 17.6. The number of nitrogen functional groups attached to an aromatic ring is 1. The molecule has 0 radical (unpaired) electrons. The van der Waals surface area contributed by atoms with E-state index in [9.17, 15) is 17.6 Å². The fraction of sp³-hybridized carbons (Fsp3) is 0.364. The second-order valence-electron chi connectivity index (χ2n) is 4.46. The number of likely N-dealkylation sites (N-methyl/N-ethyl adjacent to an activating group) is 1. The number of hydrogen-bond acceptors (Lipinski definition) is 4. The minimum Gasteiger partial charge on any atom is -0.398 e. The predicted molar refractivity (Wildman–Crippen MR) is 74.9 cm³/mol. The third-order valence-corrected chi connectivity index (χ3v) is 5.64. The zero-order valence-corrected chi connectivity index (χ0v) is 13.0. The first-order chi connectivity index (χ1) is 9.23. The van der Waals surface area contributed by atoms with Crippen molar-refractivity contribution >= 4 is 37.5 Å². The van der Waals surface area contributed by atoms with E-state index in [-0.39, 0.29) is 35.7 Å². The van der Waals surface area contributed by atoms with E-state index in [4.69, 9.17) is 5.73 Å². The lowest BCUT2D eigenvalue weighted by Gasteiger charge is -2.31. The molecule has 1 heterocycles. The lowest BCUT2D eigenvalue weighted by molar-refractivity contribution is -0.132. The smallest absolute Gasteiger partial charge is 0.246 e. The Morgan fingerprint density at radius 2 is 2.00 bits per heavy atom. The van der Waals surface area contributed by atoms with Crippen molar-refractivity contribution in [3.05, 3.63) is 22.4 Å². The van der Waals surface area contributed by atoms with Crippen LogP contribution in [0.5, 0.6) is 0 Å². The minimum absolute atomic E-state index is 0.116. The monoisotopic (exact) mass is 365 g/mol. The second kappa shape index (κ2) is 5.30. The van der Waals surface area contributed by atoms with Crippen molar-refractivity contribution in [2.75, 3.05) is 32.4 Å². The number of benzene rings is 1. The van der Waals surface area contributed by atoms with Gasteiger partial charge >= 0.3 is 0 Å². The first-order valence-electron chi connectivity index (χ1n) is 5.72. The SMILES string of the molecule is CN1CCN(S(=O)(=O)c2cc(N)c(Br)cc2F)CC1=O. The molecule has 0 atom stereocenters. The molecule has 0 unspecified atom stereocenters. The standard InChI is InChI=1S/C11H13BrFN3O3S/c1-15-2-3-16(6-11(15)17)20(18,19)10-5-9(14)7(12)4-8(10)13/h4-5H,2-3,6,14H2,1H3. The van der Waals surface area contributed by atoms with Crippen LogP contribution in [0.3, 0.4) is 0 Å². The molecule has 0 aliphatic carbocycles. The summed E-state index contributed by atoms with van der Waals surface area (Å²) in [6.07, 6.45) is 0. The number of nitrogens with zero attached hydrogens (tertiary/aromatic N) is 2. The van der Waals surface area contributed by atoms with Gasteiger partial charge in [-0.05, 0) is 28.1 Å². The van der Waals surface area contributed by atoms with Gasteiger partial charge in [0.1, 0.15) is 10.7 Å². The summed E-state index contributed by atoms with van der Waals surface area (Å²) in [5.41, 5.74) is 5.71. The fourth-order valence-electron chi connectivity index (χ4n) is 1.82. The first-order valence-corrected chi connectivity index (χ1v) is 7.95. The highest BCUT2D eigenvalue weighted by Crippen LogP contribution is 2.28. The lowest BCUT2D eigenvalue weighted by Crippen LogP contribution is -2.50. The van der Waals surface area contributed by atoms with Gasteiger partial charge in [0, 0.05) is 30.3 Å². The Balaban J connectivity index is 2.41. The van der Waals surface area contributed by atoms with Crippen LogP contribution in [0, 0.1) is 5.82 Å². The largest absolute Gasteiger partial charge is 0.398 e. The van der Waals surface area contributed by atoms with Gasteiger partial charge in [-0.25, -0.2) is 12.8 Å². The zero-order chi connectivity index (χ0) is 15.1. The minimum atomic E-state index is -4.08. The number of sulfonamides is 1. The van der Waals surface area contributed by atoms with Gasteiger partial charge in [0.15, 0.2) is 0 Å². The van der Waals surface area contributed by atoms with Crippen LogP contribution in [-0.4, -0.2) is 50.2 Å². The summed E-state index contributed by atoms with van der Waals surface area (Å²) in [5.74, 6) is -1.23.